The second-order valence-electron chi connectivity index (χ2n) is 7.79. The van der Waals surface area contributed by atoms with Gasteiger partial charge in [0.25, 0.3) is 5.91 Å². The summed E-state index contributed by atoms with van der Waals surface area (Å²) in [4.78, 5) is 17.3. The van der Waals surface area contributed by atoms with Crippen molar-refractivity contribution < 1.29 is 18.7 Å². The number of aromatic nitrogens is 1. The molecule has 0 aliphatic carbocycles. The molecule has 1 aromatic heterocycles. The number of oxazole rings is 1. The van der Waals surface area contributed by atoms with Gasteiger partial charge in [-0.15, -0.1) is 0 Å². The van der Waals surface area contributed by atoms with Crippen LogP contribution in [0.5, 0.6) is 11.5 Å². The number of hydrogen-bond acceptors (Lipinski definition) is 5. The van der Waals surface area contributed by atoms with Gasteiger partial charge >= 0.3 is 0 Å². The standard InChI is InChI=1S/C25H22N2O4/c1-15(2)16-3-5-17(6-4-16)25-27-20-14-19(8-10-21(20)31-25)26-24(28)18-7-9-22-23(13-18)30-12-11-29-22/h3-10,13-15H,11-12H2,1-2H3,(H,26,28). The van der Waals surface area contributed by atoms with E-state index in [1.54, 1.807) is 30.3 Å². The van der Waals surface area contributed by atoms with Gasteiger partial charge in [0.05, 0.1) is 0 Å². The smallest absolute Gasteiger partial charge is 0.255 e. The van der Waals surface area contributed by atoms with Crippen LogP contribution < -0.4 is 14.8 Å². The largest absolute Gasteiger partial charge is 0.486 e. The molecule has 0 saturated carbocycles. The molecular formula is C25H22N2O4. The Morgan fingerprint density at radius 3 is 2.48 bits per heavy atom. The molecule has 1 amide bonds. The molecule has 0 unspecified atom stereocenters. The van der Waals surface area contributed by atoms with Crippen LogP contribution >= 0.6 is 0 Å². The van der Waals surface area contributed by atoms with Gasteiger partial charge in [0.1, 0.15) is 18.7 Å². The number of ether oxygens (including phenoxy) is 2. The molecule has 0 saturated heterocycles. The van der Waals surface area contributed by atoms with Crippen LogP contribution in [0, 0.1) is 0 Å². The van der Waals surface area contributed by atoms with E-state index in [1.807, 2.05) is 18.2 Å². The molecule has 0 atom stereocenters. The Balaban J connectivity index is 1.37. The number of hydrogen-bond donors (Lipinski definition) is 1. The van der Waals surface area contributed by atoms with Crippen LogP contribution in [-0.4, -0.2) is 24.1 Å². The number of carbonyl (C=O) groups is 1. The highest BCUT2D eigenvalue weighted by Crippen LogP contribution is 2.31. The summed E-state index contributed by atoms with van der Waals surface area (Å²) in [7, 11) is 0. The van der Waals surface area contributed by atoms with Crippen molar-refractivity contribution in [1.82, 2.24) is 4.98 Å². The number of amides is 1. The van der Waals surface area contributed by atoms with Crippen LogP contribution in [0.15, 0.2) is 65.1 Å². The number of benzene rings is 3. The van der Waals surface area contributed by atoms with E-state index in [1.165, 1.54) is 5.56 Å². The maximum Gasteiger partial charge on any atom is 0.255 e. The lowest BCUT2D eigenvalue weighted by atomic mass is 10.0. The topological polar surface area (TPSA) is 73.6 Å². The first-order chi connectivity index (χ1) is 15.1. The fourth-order valence-corrected chi connectivity index (χ4v) is 3.53. The van der Waals surface area contributed by atoms with Crippen molar-refractivity contribution in [2.75, 3.05) is 18.5 Å². The lowest BCUT2D eigenvalue weighted by Gasteiger charge is -2.18. The van der Waals surface area contributed by atoms with Gasteiger partial charge in [0, 0.05) is 16.8 Å². The van der Waals surface area contributed by atoms with Gasteiger partial charge in [-0.3, -0.25) is 4.79 Å². The van der Waals surface area contributed by atoms with Crippen LogP contribution in [0.3, 0.4) is 0 Å². The molecule has 1 N–H and O–H groups in total. The maximum atomic E-state index is 12.7. The quantitative estimate of drug-likeness (QED) is 0.468. The highest BCUT2D eigenvalue weighted by atomic mass is 16.6. The lowest BCUT2D eigenvalue weighted by Crippen LogP contribution is -2.17. The number of nitrogens with zero attached hydrogens (tertiary/aromatic N) is 1. The Morgan fingerprint density at radius 2 is 1.71 bits per heavy atom. The molecule has 156 valence electrons. The maximum absolute atomic E-state index is 12.7. The summed E-state index contributed by atoms with van der Waals surface area (Å²) >= 11 is 0. The fraction of sp³-hybridized carbons (Fsp3) is 0.200. The molecule has 31 heavy (non-hydrogen) atoms. The van der Waals surface area contributed by atoms with Crippen molar-refractivity contribution in [3.05, 3.63) is 71.8 Å². The molecule has 5 rings (SSSR count). The summed E-state index contributed by atoms with van der Waals surface area (Å²) in [5, 5.41) is 2.91. The van der Waals surface area contributed by atoms with Crippen LogP contribution in [0.4, 0.5) is 5.69 Å². The predicted octanol–water partition coefficient (Wildman–Crippen LogP) is 5.64. The Kier molecular flexibility index (Phi) is 4.82. The molecular weight excluding hydrogens is 392 g/mol. The monoisotopic (exact) mass is 414 g/mol. The summed E-state index contributed by atoms with van der Waals surface area (Å²) in [5.74, 6) is 2.03. The Labute approximate surface area is 179 Å². The molecule has 0 bridgehead atoms. The van der Waals surface area contributed by atoms with Gasteiger partial charge in [-0.1, -0.05) is 26.0 Å². The highest BCUT2D eigenvalue weighted by molar-refractivity contribution is 6.05. The van der Waals surface area contributed by atoms with E-state index in [4.69, 9.17) is 13.9 Å². The zero-order chi connectivity index (χ0) is 21.4. The number of carbonyl (C=O) groups excluding carboxylic acids is 1. The average Bonchev–Trinajstić information content (AvgIpc) is 3.22. The highest BCUT2D eigenvalue weighted by Gasteiger charge is 2.16. The van der Waals surface area contributed by atoms with Crippen molar-refractivity contribution in [1.29, 1.82) is 0 Å². The Hall–Kier alpha value is -3.80. The number of fused-ring (bicyclic) bond motifs is 2. The molecule has 6 nitrogen and oxygen atoms in total. The van der Waals surface area contributed by atoms with E-state index >= 15 is 0 Å². The van der Waals surface area contributed by atoms with Crippen molar-refractivity contribution in [2.24, 2.45) is 0 Å². The van der Waals surface area contributed by atoms with E-state index < -0.39 is 0 Å². The summed E-state index contributed by atoms with van der Waals surface area (Å²) in [5.41, 5.74) is 4.67. The number of nitrogens with one attached hydrogen (secondary N) is 1. The van der Waals surface area contributed by atoms with Crippen LogP contribution in [0.2, 0.25) is 0 Å². The van der Waals surface area contributed by atoms with Crippen molar-refractivity contribution >= 4 is 22.7 Å². The van der Waals surface area contributed by atoms with Gasteiger partial charge < -0.3 is 19.2 Å². The van der Waals surface area contributed by atoms with Crippen molar-refractivity contribution in [3.8, 4) is 23.0 Å². The molecule has 3 aromatic carbocycles. The molecule has 0 radical (unpaired) electrons. The number of rotatable bonds is 4. The summed E-state index contributed by atoms with van der Waals surface area (Å²) < 4.78 is 17.0. The first-order valence-corrected chi connectivity index (χ1v) is 10.3. The summed E-state index contributed by atoms with van der Waals surface area (Å²) in [6, 6.07) is 18.8. The zero-order valence-corrected chi connectivity index (χ0v) is 17.3. The number of anilines is 1. The summed E-state index contributed by atoms with van der Waals surface area (Å²) in [6.45, 7) is 5.31. The van der Waals surface area contributed by atoms with Gasteiger partial charge in [0.15, 0.2) is 17.1 Å². The lowest BCUT2D eigenvalue weighted by molar-refractivity contribution is 0.102. The first kappa shape index (κ1) is 19.2. The first-order valence-electron chi connectivity index (χ1n) is 10.3. The van der Waals surface area contributed by atoms with E-state index in [9.17, 15) is 4.79 Å². The van der Waals surface area contributed by atoms with Gasteiger partial charge in [-0.25, -0.2) is 4.98 Å². The minimum Gasteiger partial charge on any atom is -0.486 e. The Morgan fingerprint density at radius 1 is 0.935 bits per heavy atom. The minimum absolute atomic E-state index is 0.232. The van der Waals surface area contributed by atoms with E-state index in [2.05, 4.69) is 36.3 Å². The Bertz CT molecular complexity index is 1260. The molecule has 6 heteroatoms. The summed E-state index contributed by atoms with van der Waals surface area (Å²) in [6.07, 6.45) is 0. The minimum atomic E-state index is -0.232. The SMILES string of the molecule is CC(C)c1ccc(-c2nc3cc(NC(=O)c4ccc5c(c4)OCCO5)ccc3o2)cc1. The van der Waals surface area contributed by atoms with Gasteiger partial charge in [-0.2, -0.15) is 0 Å². The predicted molar refractivity (Wildman–Crippen MR) is 119 cm³/mol. The normalized spacial score (nSPS) is 12.9. The molecule has 2 heterocycles. The zero-order valence-electron chi connectivity index (χ0n) is 17.3. The van der Waals surface area contributed by atoms with Crippen LogP contribution in [0.1, 0.15) is 35.7 Å². The fourth-order valence-electron chi connectivity index (χ4n) is 3.53. The van der Waals surface area contributed by atoms with Crippen molar-refractivity contribution in [3.63, 3.8) is 0 Å². The second kappa shape index (κ2) is 7.80. The molecule has 1 aliphatic rings. The average molecular weight is 414 g/mol. The third-order valence-corrected chi connectivity index (χ3v) is 5.27. The van der Waals surface area contributed by atoms with Crippen molar-refractivity contribution in [2.45, 2.75) is 19.8 Å². The van der Waals surface area contributed by atoms with Gasteiger partial charge in [0.2, 0.25) is 5.89 Å². The van der Waals surface area contributed by atoms with Crippen LogP contribution in [-0.2, 0) is 0 Å². The molecule has 0 fully saturated rings. The third-order valence-electron chi connectivity index (χ3n) is 5.27. The molecule has 0 spiro atoms. The van der Waals surface area contributed by atoms with E-state index in [-0.39, 0.29) is 5.91 Å². The third kappa shape index (κ3) is 3.84. The molecule has 1 aliphatic heterocycles. The van der Waals surface area contributed by atoms with Gasteiger partial charge in [-0.05, 0) is 60.0 Å². The molecule has 4 aromatic rings. The van der Waals surface area contributed by atoms with E-state index in [0.29, 0.717) is 58.9 Å². The second-order valence-corrected chi connectivity index (χ2v) is 7.79. The van der Waals surface area contributed by atoms with E-state index in [0.717, 1.165) is 5.56 Å². The van der Waals surface area contributed by atoms with Crippen LogP contribution in [0.25, 0.3) is 22.6 Å².